The van der Waals surface area contributed by atoms with Crippen LogP contribution in [0.1, 0.15) is 5.56 Å². The minimum atomic E-state index is -0.129. The van der Waals surface area contributed by atoms with Crippen LogP contribution < -0.4 is 4.90 Å². The lowest BCUT2D eigenvalue weighted by Crippen LogP contribution is -2.26. The van der Waals surface area contributed by atoms with Gasteiger partial charge in [0.15, 0.2) is 0 Å². The number of nitrogens with zero attached hydrogens (tertiary/aromatic N) is 1. The summed E-state index contributed by atoms with van der Waals surface area (Å²) in [7, 11) is 0. The summed E-state index contributed by atoms with van der Waals surface area (Å²) in [5.74, 6) is -0.129. The first kappa shape index (κ1) is 17.2. The smallest absolute Gasteiger partial charge is 0.255 e. The SMILES string of the molecule is O=C(/C=C/c1ccc(Cl)cc1)N1c2ccccc2Sc2ccc(Cl)cc21. The molecule has 0 fully saturated rings. The third-order valence-corrected chi connectivity index (χ3v) is 5.61. The fourth-order valence-corrected chi connectivity index (χ4v) is 4.11. The van der Waals surface area contributed by atoms with Crippen molar-refractivity contribution in [1.29, 1.82) is 0 Å². The van der Waals surface area contributed by atoms with Crippen LogP contribution in [-0.2, 0) is 4.79 Å². The highest BCUT2D eigenvalue weighted by Crippen LogP contribution is 2.48. The Labute approximate surface area is 166 Å². The Bertz CT molecular complexity index is 1010. The molecule has 0 N–H and O–H groups in total. The number of carbonyl (C=O) groups excluding carboxylic acids is 1. The molecule has 128 valence electrons. The van der Waals surface area contributed by atoms with Gasteiger partial charge in [0.1, 0.15) is 0 Å². The normalized spacial score (nSPS) is 12.8. The summed E-state index contributed by atoms with van der Waals surface area (Å²) in [5, 5.41) is 1.27. The standard InChI is InChI=1S/C21H13Cl2NOS/c22-15-8-5-14(6-9-15)7-12-21(25)24-17-3-1-2-4-19(17)26-20-11-10-16(23)13-18(20)24/h1-13H/b12-7+. The highest BCUT2D eigenvalue weighted by atomic mass is 35.5. The molecule has 4 rings (SSSR count). The molecule has 0 spiro atoms. The first-order valence-corrected chi connectivity index (χ1v) is 9.53. The van der Waals surface area contributed by atoms with Gasteiger partial charge in [0.2, 0.25) is 0 Å². The van der Waals surface area contributed by atoms with Crippen molar-refractivity contribution in [3.8, 4) is 0 Å². The van der Waals surface area contributed by atoms with Gasteiger partial charge in [0.25, 0.3) is 5.91 Å². The predicted molar refractivity (Wildman–Crippen MR) is 110 cm³/mol. The van der Waals surface area contributed by atoms with Crippen LogP contribution in [0.5, 0.6) is 0 Å². The first-order chi connectivity index (χ1) is 12.6. The minimum absolute atomic E-state index is 0.129. The van der Waals surface area contributed by atoms with Crippen molar-refractivity contribution < 1.29 is 4.79 Å². The number of amides is 1. The molecule has 2 nitrogen and oxygen atoms in total. The molecule has 1 heterocycles. The van der Waals surface area contributed by atoms with Gasteiger partial charge < -0.3 is 0 Å². The molecule has 0 bridgehead atoms. The molecule has 0 saturated carbocycles. The van der Waals surface area contributed by atoms with Crippen LogP contribution >= 0.6 is 35.0 Å². The lowest BCUT2D eigenvalue weighted by molar-refractivity contribution is -0.113. The van der Waals surface area contributed by atoms with Gasteiger partial charge in [-0.15, -0.1) is 0 Å². The molecule has 26 heavy (non-hydrogen) atoms. The Kier molecular flexibility index (Phi) is 4.77. The van der Waals surface area contributed by atoms with Crippen molar-refractivity contribution in [2.24, 2.45) is 0 Å². The fourth-order valence-electron chi connectivity index (χ4n) is 2.78. The van der Waals surface area contributed by atoms with E-state index in [2.05, 4.69) is 0 Å². The average Bonchev–Trinajstić information content (AvgIpc) is 2.65. The molecule has 0 unspecified atom stereocenters. The van der Waals surface area contributed by atoms with E-state index in [1.54, 1.807) is 40.9 Å². The van der Waals surface area contributed by atoms with E-state index in [0.29, 0.717) is 10.0 Å². The fraction of sp³-hybridized carbons (Fsp3) is 0. The maximum absolute atomic E-state index is 13.0. The number of halogens is 2. The number of carbonyl (C=O) groups is 1. The zero-order chi connectivity index (χ0) is 18.1. The van der Waals surface area contributed by atoms with Crippen LogP contribution in [0, 0.1) is 0 Å². The molecule has 0 aromatic heterocycles. The van der Waals surface area contributed by atoms with Crippen molar-refractivity contribution in [2.45, 2.75) is 9.79 Å². The summed E-state index contributed by atoms with van der Waals surface area (Å²) in [6, 6.07) is 20.8. The van der Waals surface area contributed by atoms with Gasteiger partial charge in [-0.3, -0.25) is 9.69 Å². The minimum Gasteiger partial charge on any atom is -0.275 e. The molecule has 1 aliphatic rings. The molecule has 3 aromatic carbocycles. The van der Waals surface area contributed by atoms with E-state index in [9.17, 15) is 4.79 Å². The molecule has 5 heteroatoms. The summed E-state index contributed by atoms with van der Waals surface area (Å²) in [5.41, 5.74) is 2.57. The number of para-hydroxylation sites is 1. The topological polar surface area (TPSA) is 20.3 Å². The maximum Gasteiger partial charge on any atom is 0.255 e. The number of benzene rings is 3. The Balaban J connectivity index is 1.74. The molecular weight excluding hydrogens is 385 g/mol. The van der Waals surface area contributed by atoms with Crippen molar-refractivity contribution in [2.75, 3.05) is 4.90 Å². The van der Waals surface area contributed by atoms with Crippen LogP contribution in [0.25, 0.3) is 6.08 Å². The summed E-state index contributed by atoms with van der Waals surface area (Å²) < 4.78 is 0. The Morgan fingerprint density at radius 2 is 1.54 bits per heavy atom. The van der Waals surface area contributed by atoms with E-state index >= 15 is 0 Å². The van der Waals surface area contributed by atoms with E-state index < -0.39 is 0 Å². The Morgan fingerprint density at radius 1 is 0.846 bits per heavy atom. The molecule has 3 aromatic rings. The number of hydrogen-bond acceptors (Lipinski definition) is 2. The number of hydrogen-bond donors (Lipinski definition) is 0. The van der Waals surface area contributed by atoms with E-state index in [1.165, 1.54) is 0 Å². The summed E-state index contributed by atoms with van der Waals surface area (Å²) >= 11 is 13.7. The summed E-state index contributed by atoms with van der Waals surface area (Å²) in [6.45, 7) is 0. The highest BCUT2D eigenvalue weighted by molar-refractivity contribution is 7.99. The van der Waals surface area contributed by atoms with Gasteiger partial charge in [-0.2, -0.15) is 0 Å². The van der Waals surface area contributed by atoms with Gasteiger partial charge in [-0.25, -0.2) is 0 Å². The van der Waals surface area contributed by atoms with Crippen molar-refractivity contribution in [1.82, 2.24) is 0 Å². The Hall–Kier alpha value is -2.20. The van der Waals surface area contributed by atoms with Crippen molar-refractivity contribution in [3.05, 3.63) is 88.4 Å². The van der Waals surface area contributed by atoms with Crippen molar-refractivity contribution in [3.63, 3.8) is 0 Å². The van der Waals surface area contributed by atoms with Crippen LogP contribution in [0.3, 0.4) is 0 Å². The molecule has 0 radical (unpaired) electrons. The average molecular weight is 398 g/mol. The van der Waals surface area contributed by atoms with Crippen LogP contribution in [0.4, 0.5) is 11.4 Å². The molecule has 1 aliphatic heterocycles. The summed E-state index contributed by atoms with van der Waals surface area (Å²) in [4.78, 5) is 16.8. The zero-order valence-electron chi connectivity index (χ0n) is 13.5. The van der Waals surface area contributed by atoms with E-state index in [4.69, 9.17) is 23.2 Å². The third-order valence-electron chi connectivity index (χ3n) is 4.00. The highest BCUT2D eigenvalue weighted by Gasteiger charge is 2.27. The predicted octanol–water partition coefficient (Wildman–Crippen LogP) is 6.84. The number of rotatable bonds is 2. The second kappa shape index (κ2) is 7.20. The van der Waals surface area contributed by atoms with E-state index in [1.807, 2.05) is 54.6 Å². The largest absolute Gasteiger partial charge is 0.275 e. The van der Waals surface area contributed by atoms with E-state index in [-0.39, 0.29) is 5.91 Å². The van der Waals surface area contributed by atoms with Gasteiger partial charge in [-0.05, 0) is 54.1 Å². The maximum atomic E-state index is 13.0. The van der Waals surface area contributed by atoms with Gasteiger partial charge >= 0.3 is 0 Å². The molecular formula is C21H13Cl2NOS. The number of anilines is 2. The zero-order valence-corrected chi connectivity index (χ0v) is 15.9. The number of fused-ring (bicyclic) bond motifs is 2. The van der Waals surface area contributed by atoms with Crippen molar-refractivity contribution >= 4 is 58.3 Å². The van der Waals surface area contributed by atoms with E-state index in [0.717, 1.165) is 26.7 Å². The van der Waals surface area contributed by atoms with Crippen LogP contribution in [0.15, 0.2) is 82.6 Å². The monoisotopic (exact) mass is 397 g/mol. The molecule has 0 saturated heterocycles. The van der Waals surface area contributed by atoms with Crippen LogP contribution in [-0.4, -0.2) is 5.91 Å². The van der Waals surface area contributed by atoms with Gasteiger partial charge in [-0.1, -0.05) is 59.2 Å². The Morgan fingerprint density at radius 3 is 2.35 bits per heavy atom. The first-order valence-electron chi connectivity index (χ1n) is 7.96. The molecule has 0 aliphatic carbocycles. The third kappa shape index (κ3) is 3.38. The quantitative estimate of drug-likeness (QED) is 0.441. The summed E-state index contributed by atoms with van der Waals surface area (Å²) in [6.07, 6.45) is 3.36. The van der Waals surface area contributed by atoms with Gasteiger partial charge in [0, 0.05) is 25.9 Å². The van der Waals surface area contributed by atoms with Crippen LogP contribution in [0.2, 0.25) is 10.0 Å². The molecule has 1 amide bonds. The van der Waals surface area contributed by atoms with Gasteiger partial charge in [0.05, 0.1) is 11.4 Å². The lowest BCUT2D eigenvalue weighted by Gasteiger charge is -2.30. The molecule has 0 atom stereocenters. The second-order valence-electron chi connectivity index (χ2n) is 5.74. The lowest BCUT2D eigenvalue weighted by atomic mass is 10.2. The second-order valence-corrected chi connectivity index (χ2v) is 7.70.